The minimum absolute atomic E-state index is 0.362. The van der Waals surface area contributed by atoms with Crippen LogP contribution in [-0.4, -0.2) is 20.3 Å². The molecule has 0 amide bonds. The third kappa shape index (κ3) is 1.81. The molecule has 2 aromatic rings. The molecule has 2 rings (SSSR count). The first-order valence-electron chi connectivity index (χ1n) is 4.99. The van der Waals surface area contributed by atoms with Gasteiger partial charge in [0.15, 0.2) is 5.69 Å². The van der Waals surface area contributed by atoms with E-state index in [0.29, 0.717) is 10.3 Å². The Morgan fingerprint density at radius 3 is 2.39 bits per heavy atom. The van der Waals surface area contributed by atoms with Crippen LogP contribution < -0.4 is 16.4 Å². The number of carboxylic acid groups (broad SMARTS) is 1. The van der Waals surface area contributed by atoms with E-state index in [-0.39, 0.29) is 0 Å². The van der Waals surface area contributed by atoms with Crippen LogP contribution in [-0.2, 0) is 7.05 Å². The van der Waals surface area contributed by atoms with Crippen LogP contribution in [0.1, 0.15) is 10.5 Å². The van der Waals surface area contributed by atoms with E-state index in [1.165, 1.54) is 7.05 Å². The minimum Gasteiger partial charge on any atom is -0.543 e. The van der Waals surface area contributed by atoms with E-state index in [9.17, 15) is 19.5 Å². The van der Waals surface area contributed by atoms with Gasteiger partial charge in [0, 0.05) is 7.05 Å². The summed E-state index contributed by atoms with van der Waals surface area (Å²) in [5, 5.41) is 14.3. The molecule has 0 radical (unpaired) electrons. The van der Waals surface area contributed by atoms with E-state index in [4.69, 9.17) is 0 Å². The fourth-order valence-electron chi connectivity index (χ4n) is 1.44. The van der Waals surface area contributed by atoms with Crippen LogP contribution in [0.2, 0.25) is 0 Å². The largest absolute Gasteiger partial charge is 0.543 e. The molecule has 0 fully saturated rings. The number of carboxylic acids is 1. The number of hydrogen-bond acceptors (Lipinski definition) is 5. The first-order valence-corrected chi connectivity index (χ1v) is 4.99. The van der Waals surface area contributed by atoms with Gasteiger partial charge in [-0.3, -0.25) is 9.36 Å². The summed E-state index contributed by atoms with van der Waals surface area (Å²) in [4.78, 5) is 34.1. The maximum Gasteiger partial charge on any atom is 0.351 e. The first-order chi connectivity index (χ1) is 8.52. The van der Waals surface area contributed by atoms with Gasteiger partial charge in [-0.25, -0.2) is 4.79 Å². The Morgan fingerprint density at radius 1 is 1.22 bits per heavy atom. The highest BCUT2D eigenvalue weighted by molar-refractivity contribution is 5.82. The van der Waals surface area contributed by atoms with Crippen molar-refractivity contribution < 1.29 is 9.90 Å². The molecule has 0 aliphatic carbocycles. The number of carbonyl (C=O) groups is 1. The smallest absolute Gasteiger partial charge is 0.351 e. The van der Waals surface area contributed by atoms with Gasteiger partial charge in [-0.05, 0) is 12.1 Å². The highest BCUT2D eigenvalue weighted by Gasteiger charge is 2.12. The highest BCUT2D eigenvalue weighted by atomic mass is 16.4. The van der Waals surface area contributed by atoms with E-state index in [2.05, 4.69) is 5.10 Å². The van der Waals surface area contributed by atoms with Crippen LogP contribution in [0, 0.1) is 0 Å². The normalized spacial score (nSPS) is 10.3. The van der Waals surface area contributed by atoms with Gasteiger partial charge >= 0.3 is 5.69 Å². The van der Waals surface area contributed by atoms with Crippen LogP contribution >= 0.6 is 0 Å². The maximum absolute atomic E-state index is 11.8. The molecule has 0 N–H and O–H groups in total. The van der Waals surface area contributed by atoms with Gasteiger partial charge < -0.3 is 9.90 Å². The third-order valence-electron chi connectivity index (χ3n) is 2.37. The molecule has 92 valence electrons. The van der Waals surface area contributed by atoms with Crippen LogP contribution in [0.5, 0.6) is 0 Å². The molecule has 18 heavy (non-hydrogen) atoms. The van der Waals surface area contributed by atoms with E-state index in [0.717, 1.165) is 4.68 Å². The summed E-state index contributed by atoms with van der Waals surface area (Å²) in [5.74, 6) is -1.72. The van der Waals surface area contributed by atoms with Crippen molar-refractivity contribution in [2.45, 2.75) is 0 Å². The van der Waals surface area contributed by atoms with Crippen molar-refractivity contribution in [1.29, 1.82) is 0 Å². The van der Waals surface area contributed by atoms with E-state index in [1.807, 2.05) is 0 Å². The van der Waals surface area contributed by atoms with Crippen LogP contribution in [0.3, 0.4) is 0 Å². The van der Waals surface area contributed by atoms with Crippen molar-refractivity contribution in [3.63, 3.8) is 0 Å². The number of para-hydroxylation sites is 1. The zero-order valence-corrected chi connectivity index (χ0v) is 9.36. The quantitative estimate of drug-likeness (QED) is 0.628. The maximum atomic E-state index is 11.8. The Kier molecular flexibility index (Phi) is 2.80. The van der Waals surface area contributed by atoms with Crippen molar-refractivity contribution in [2.75, 3.05) is 0 Å². The Bertz CT molecular complexity index is 715. The van der Waals surface area contributed by atoms with Crippen molar-refractivity contribution in [3.8, 4) is 5.69 Å². The second kappa shape index (κ2) is 4.28. The topological polar surface area (TPSA) is 97.0 Å². The summed E-state index contributed by atoms with van der Waals surface area (Å²) in [7, 11) is 1.18. The molecule has 1 heterocycles. The van der Waals surface area contributed by atoms with Gasteiger partial charge in [-0.1, -0.05) is 18.2 Å². The first kappa shape index (κ1) is 11.8. The highest BCUT2D eigenvalue weighted by Crippen LogP contribution is 2.00. The fraction of sp³-hybridized carbons (Fsp3) is 0.0909. The van der Waals surface area contributed by atoms with Gasteiger partial charge in [0.25, 0.3) is 5.56 Å². The molecule has 1 aromatic heterocycles. The number of carbonyl (C=O) groups excluding carboxylic acids is 1. The lowest BCUT2D eigenvalue weighted by atomic mass is 10.3. The van der Waals surface area contributed by atoms with Crippen molar-refractivity contribution in [1.82, 2.24) is 14.3 Å². The minimum atomic E-state index is -1.72. The van der Waals surface area contributed by atoms with Crippen LogP contribution in [0.25, 0.3) is 5.69 Å². The molecule has 7 heteroatoms. The molecule has 0 unspecified atom stereocenters. The van der Waals surface area contributed by atoms with Gasteiger partial charge in [0.05, 0.1) is 11.7 Å². The van der Waals surface area contributed by atoms with Crippen LogP contribution in [0.4, 0.5) is 0 Å². The number of aromatic carboxylic acids is 1. The second-order valence-corrected chi connectivity index (χ2v) is 3.53. The summed E-state index contributed by atoms with van der Waals surface area (Å²) in [6.07, 6.45) is 0. The zero-order valence-electron chi connectivity index (χ0n) is 9.36. The Morgan fingerprint density at radius 2 is 1.83 bits per heavy atom. The third-order valence-corrected chi connectivity index (χ3v) is 2.37. The summed E-state index contributed by atoms with van der Waals surface area (Å²) >= 11 is 0. The molecule has 7 nitrogen and oxygen atoms in total. The molecule has 0 aliphatic rings. The Balaban J connectivity index is 2.82. The van der Waals surface area contributed by atoms with Crippen molar-refractivity contribution in [2.24, 2.45) is 7.05 Å². The lowest BCUT2D eigenvalue weighted by molar-refractivity contribution is -0.255. The van der Waals surface area contributed by atoms with Gasteiger partial charge in [-0.15, -0.1) is 0 Å². The molecule has 0 aliphatic heterocycles. The predicted molar refractivity (Wildman–Crippen MR) is 59.4 cm³/mol. The summed E-state index contributed by atoms with van der Waals surface area (Å²) in [6.45, 7) is 0. The lowest BCUT2D eigenvalue weighted by Crippen LogP contribution is -2.45. The Hall–Kier alpha value is -2.70. The number of benzene rings is 1. The molecule has 0 saturated heterocycles. The summed E-state index contributed by atoms with van der Waals surface area (Å²) in [6, 6.07) is 8.19. The standard InChI is InChI=1S/C11H9N3O4/c1-13-9(15)8(10(16)17)12-14(11(13)18)7-5-3-2-4-6-7/h2-6H,1H3,(H,16,17)/p-1. The number of aromatic nitrogens is 3. The van der Waals surface area contributed by atoms with E-state index < -0.39 is 22.9 Å². The zero-order chi connectivity index (χ0) is 13.3. The van der Waals surface area contributed by atoms with Gasteiger partial charge in [0.2, 0.25) is 0 Å². The predicted octanol–water partition coefficient (Wildman–Crippen LogP) is -1.71. The summed E-state index contributed by atoms with van der Waals surface area (Å²) in [5.41, 5.74) is -2.16. The number of rotatable bonds is 2. The summed E-state index contributed by atoms with van der Waals surface area (Å²) < 4.78 is 1.51. The average Bonchev–Trinajstić information content (AvgIpc) is 2.37. The van der Waals surface area contributed by atoms with Crippen molar-refractivity contribution in [3.05, 3.63) is 56.9 Å². The Labute approximate surface area is 101 Å². The monoisotopic (exact) mass is 246 g/mol. The molecule has 0 bridgehead atoms. The van der Waals surface area contributed by atoms with Crippen LogP contribution in [0.15, 0.2) is 39.9 Å². The number of nitrogens with zero attached hydrogens (tertiary/aromatic N) is 3. The average molecular weight is 246 g/mol. The molecule has 1 aromatic carbocycles. The van der Waals surface area contributed by atoms with Gasteiger partial charge in [-0.2, -0.15) is 9.78 Å². The SMILES string of the molecule is Cn1c(=O)c(C(=O)[O-])nn(-c2ccccc2)c1=O. The van der Waals surface area contributed by atoms with Gasteiger partial charge in [0.1, 0.15) is 0 Å². The van der Waals surface area contributed by atoms with E-state index in [1.54, 1.807) is 30.3 Å². The second-order valence-electron chi connectivity index (χ2n) is 3.53. The molecule has 0 spiro atoms. The lowest BCUT2D eigenvalue weighted by Gasteiger charge is -2.09. The van der Waals surface area contributed by atoms with E-state index >= 15 is 0 Å². The molecule has 0 atom stereocenters. The molecular formula is C11H8N3O4-. The molecular weight excluding hydrogens is 238 g/mol. The fourth-order valence-corrected chi connectivity index (χ4v) is 1.44. The molecule has 0 saturated carbocycles. The van der Waals surface area contributed by atoms with Crippen molar-refractivity contribution >= 4 is 5.97 Å². The number of hydrogen-bond donors (Lipinski definition) is 0.